The van der Waals surface area contributed by atoms with Crippen LogP contribution in [0.25, 0.3) is 0 Å². The lowest BCUT2D eigenvalue weighted by Crippen LogP contribution is -2.45. The van der Waals surface area contributed by atoms with Crippen molar-refractivity contribution in [3.63, 3.8) is 0 Å². The quantitative estimate of drug-likeness (QED) is 0.748. The van der Waals surface area contributed by atoms with Crippen LogP contribution in [0, 0.1) is 0 Å². The molecule has 1 unspecified atom stereocenters. The SMILES string of the molecule is CS(=O)(=O)c1cnn(CC2CCN2)c1. The highest BCUT2D eigenvalue weighted by atomic mass is 32.2. The molecule has 0 aliphatic carbocycles. The molecule has 0 saturated carbocycles. The molecule has 1 saturated heterocycles. The van der Waals surface area contributed by atoms with E-state index < -0.39 is 9.84 Å². The minimum Gasteiger partial charge on any atom is -0.312 e. The average molecular weight is 215 g/mol. The number of hydrogen-bond acceptors (Lipinski definition) is 4. The highest BCUT2D eigenvalue weighted by Gasteiger charge is 2.18. The predicted octanol–water partition coefficient (Wildman–Crippen LogP) is -0.352. The van der Waals surface area contributed by atoms with E-state index in [2.05, 4.69) is 10.4 Å². The topological polar surface area (TPSA) is 64.0 Å². The van der Waals surface area contributed by atoms with Gasteiger partial charge in [-0.25, -0.2) is 8.42 Å². The van der Waals surface area contributed by atoms with Crippen LogP contribution in [0.3, 0.4) is 0 Å². The zero-order valence-corrected chi connectivity index (χ0v) is 8.79. The van der Waals surface area contributed by atoms with E-state index in [1.165, 1.54) is 12.5 Å². The fraction of sp³-hybridized carbons (Fsp3) is 0.625. The van der Waals surface area contributed by atoms with E-state index in [0.29, 0.717) is 6.04 Å². The van der Waals surface area contributed by atoms with Gasteiger partial charge in [-0.15, -0.1) is 0 Å². The Morgan fingerprint density at radius 1 is 1.71 bits per heavy atom. The van der Waals surface area contributed by atoms with Crippen molar-refractivity contribution in [3.05, 3.63) is 12.4 Å². The standard InChI is InChI=1S/C8H13N3O2S/c1-14(12,13)8-4-10-11(6-8)5-7-2-3-9-7/h4,6-7,9H,2-3,5H2,1H3. The molecule has 1 fully saturated rings. The highest BCUT2D eigenvalue weighted by molar-refractivity contribution is 7.90. The molecule has 1 atom stereocenters. The molecule has 1 aliphatic heterocycles. The number of hydrogen-bond donors (Lipinski definition) is 1. The van der Waals surface area contributed by atoms with E-state index in [-0.39, 0.29) is 4.90 Å². The van der Waals surface area contributed by atoms with Crippen molar-refractivity contribution < 1.29 is 8.42 Å². The van der Waals surface area contributed by atoms with Crippen LogP contribution in [-0.2, 0) is 16.4 Å². The van der Waals surface area contributed by atoms with Gasteiger partial charge in [0.2, 0.25) is 0 Å². The number of nitrogens with one attached hydrogen (secondary N) is 1. The second-order valence-electron chi connectivity index (χ2n) is 3.61. The van der Waals surface area contributed by atoms with Crippen molar-refractivity contribution >= 4 is 9.84 Å². The van der Waals surface area contributed by atoms with Crippen molar-refractivity contribution in [2.45, 2.75) is 23.9 Å². The molecule has 14 heavy (non-hydrogen) atoms. The predicted molar refractivity (Wildman–Crippen MR) is 51.7 cm³/mol. The van der Waals surface area contributed by atoms with Gasteiger partial charge >= 0.3 is 0 Å². The van der Waals surface area contributed by atoms with E-state index >= 15 is 0 Å². The summed E-state index contributed by atoms with van der Waals surface area (Å²) in [6.45, 7) is 1.79. The van der Waals surface area contributed by atoms with Gasteiger partial charge in [-0.2, -0.15) is 5.10 Å². The first-order valence-electron chi connectivity index (χ1n) is 4.51. The molecular weight excluding hydrogens is 202 g/mol. The third-order valence-electron chi connectivity index (χ3n) is 2.37. The van der Waals surface area contributed by atoms with E-state index in [1.807, 2.05) is 0 Å². The fourth-order valence-corrected chi connectivity index (χ4v) is 1.92. The van der Waals surface area contributed by atoms with Crippen molar-refractivity contribution in [3.8, 4) is 0 Å². The lowest BCUT2D eigenvalue weighted by atomic mass is 10.1. The van der Waals surface area contributed by atoms with E-state index in [0.717, 1.165) is 19.5 Å². The Morgan fingerprint density at radius 2 is 2.43 bits per heavy atom. The van der Waals surface area contributed by atoms with Crippen molar-refractivity contribution in [2.75, 3.05) is 12.8 Å². The van der Waals surface area contributed by atoms with Gasteiger partial charge in [-0.1, -0.05) is 0 Å². The fourth-order valence-electron chi connectivity index (χ4n) is 1.37. The van der Waals surface area contributed by atoms with Crippen LogP contribution in [0.1, 0.15) is 6.42 Å². The molecule has 0 amide bonds. The van der Waals surface area contributed by atoms with Gasteiger partial charge in [0.15, 0.2) is 9.84 Å². The number of sulfone groups is 1. The summed E-state index contributed by atoms with van der Waals surface area (Å²) < 4.78 is 24.0. The molecule has 0 spiro atoms. The van der Waals surface area contributed by atoms with Gasteiger partial charge in [0, 0.05) is 18.5 Å². The molecule has 0 radical (unpaired) electrons. The van der Waals surface area contributed by atoms with Crippen LogP contribution in [-0.4, -0.2) is 37.0 Å². The van der Waals surface area contributed by atoms with Crippen LogP contribution in [0.15, 0.2) is 17.3 Å². The molecule has 1 N–H and O–H groups in total. The van der Waals surface area contributed by atoms with Crippen LogP contribution in [0.2, 0.25) is 0 Å². The Balaban J connectivity index is 2.09. The first kappa shape index (κ1) is 9.67. The molecule has 0 aromatic carbocycles. The van der Waals surface area contributed by atoms with Crippen LogP contribution in [0.5, 0.6) is 0 Å². The maximum absolute atomic E-state index is 11.1. The summed E-state index contributed by atoms with van der Waals surface area (Å²) in [5.74, 6) is 0. The zero-order chi connectivity index (χ0) is 10.2. The lowest BCUT2D eigenvalue weighted by Gasteiger charge is -2.27. The zero-order valence-electron chi connectivity index (χ0n) is 7.97. The van der Waals surface area contributed by atoms with Gasteiger partial charge in [-0.05, 0) is 13.0 Å². The lowest BCUT2D eigenvalue weighted by molar-refractivity contribution is 0.319. The number of aromatic nitrogens is 2. The summed E-state index contributed by atoms with van der Waals surface area (Å²) in [6.07, 6.45) is 5.30. The number of rotatable bonds is 3. The summed E-state index contributed by atoms with van der Waals surface area (Å²) in [5.41, 5.74) is 0. The molecule has 1 aromatic rings. The Morgan fingerprint density at radius 3 is 2.86 bits per heavy atom. The maximum atomic E-state index is 11.1. The molecular formula is C8H13N3O2S. The molecule has 78 valence electrons. The van der Waals surface area contributed by atoms with Gasteiger partial charge in [0.25, 0.3) is 0 Å². The summed E-state index contributed by atoms with van der Waals surface area (Å²) in [4.78, 5) is 0.289. The molecule has 2 heterocycles. The first-order valence-corrected chi connectivity index (χ1v) is 6.41. The summed E-state index contributed by atoms with van der Waals surface area (Å²) in [5, 5.41) is 7.23. The van der Waals surface area contributed by atoms with Gasteiger partial charge in [0.05, 0.1) is 12.7 Å². The Labute approximate surface area is 83.0 Å². The molecule has 2 rings (SSSR count). The average Bonchev–Trinajstić information content (AvgIpc) is 2.43. The summed E-state index contributed by atoms with van der Waals surface area (Å²) in [7, 11) is -3.11. The highest BCUT2D eigenvalue weighted by Crippen LogP contribution is 2.09. The third-order valence-corrected chi connectivity index (χ3v) is 3.44. The molecule has 0 bridgehead atoms. The largest absolute Gasteiger partial charge is 0.312 e. The van der Waals surface area contributed by atoms with Crippen molar-refractivity contribution in [2.24, 2.45) is 0 Å². The Hall–Kier alpha value is -0.880. The number of nitrogens with zero attached hydrogens (tertiary/aromatic N) is 2. The Kier molecular flexibility index (Phi) is 2.32. The minimum absolute atomic E-state index is 0.289. The first-order chi connectivity index (χ1) is 6.55. The third kappa shape index (κ3) is 1.96. The van der Waals surface area contributed by atoms with Crippen molar-refractivity contribution in [1.82, 2.24) is 15.1 Å². The summed E-state index contributed by atoms with van der Waals surface area (Å²) in [6, 6.07) is 0.447. The molecule has 5 nitrogen and oxygen atoms in total. The Bertz CT molecular complexity index is 420. The van der Waals surface area contributed by atoms with Crippen LogP contribution >= 0.6 is 0 Å². The normalized spacial score (nSPS) is 21.9. The van der Waals surface area contributed by atoms with Gasteiger partial charge < -0.3 is 5.32 Å². The minimum atomic E-state index is -3.11. The van der Waals surface area contributed by atoms with Crippen molar-refractivity contribution in [1.29, 1.82) is 0 Å². The molecule has 6 heteroatoms. The van der Waals surface area contributed by atoms with E-state index in [1.54, 1.807) is 10.9 Å². The second-order valence-corrected chi connectivity index (χ2v) is 5.63. The van der Waals surface area contributed by atoms with E-state index in [4.69, 9.17) is 0 Å². The van der Waals surface area contributed by atoms with Gasteiger partial charge in [-0.3, -0.25) is 4.68 Å². The second kappa shape index (κ2) is 3.36. The monoisotopic (exact) mass is 215 g/mol. The molecule has 1 aliphatic rings. The van der Waals surface area contributed by atoms with Crippen LogP contribution < -0.4 is 5.32 Å². The molecule has 1 aromatic heterocycles. The van der Waals surface area contributed by atoms with Crippen LogP contribution in [0.4, 0.5) is 0 Å². The van der Waals surface area contributed by atoms with Gasteiger partial charge in [0.1, 0.15) is 4.90 Å². The maximum Gasteiger partial charge on any atom is 0.178 e. The smallest absolute Gasteiger partial charge is 0.178 e. The van der Waals surface area contributed by atoms with E-state index in [9.17, 15) is 8.42 Å². The summed E-state index contributed by atoms with van der Waals surface area (Å²) >= 11 is 0.